The van der Waals surface area contributed by atoms with E-state index in [9.17, 15) is 13.2 Å². The fraction of sp³-hybridized carbons (Fsp3) is 0.778. The summed E-state index contributed by atoms with van der Waals surface area (Å²) in [4.78, 5) is 0. The van der Waals surface area contributed by atoms with Gasteiger partial charge in [0.05, 0.1) is 18.8 Å². The Balaban J connectivity index is 2.21. The van der Waals surface area contributed by atoms with Gasteiger partial charge < -0.3 is 4.74 Å². The zero-order chi connectivity index (χ0) is 12.7. The smallest absolute Gasteiger partial charge is 0.370 e. The van der Waals surface area contributed by atoms with Crippen LogP contribution in [0.1, 0.15) is 12.1 Å². The highest BCUT2D eigenvalue weighted by Crippen LogP contribution is 2.14. The Hall–Kier alpha value is -0.820. The average Bonchev–Trinajstić information content (AvgIpc) is 2.68. The lowest BCUT2D eigenvalue weighted by molar-refractivity contribution is -0.174. The molecule has 8 heteroatoms. The predicted octanol–water partition coefficient (Wildman–Crippen LogP) is 2.03. The zero-order valence-electron chi connectivity index (χ0n) is 9.08. The maximum atomic E-state index is 11.8. The fourth-order valence-corrected chi connectivity index (χ4v) is 1.29. The molecule has 4 nitrogen and oxygen atoms in total. The van der Waals surface area contributed by atoms with Gasteiger partial charge >= 0.3 is 6.18 Å². The lowest BCUT2D eigenvalue weighted by Gasteiger charge is -2.06. The SMILES string of the molecule is FC(F)(F)COCCn1cc(CCCCl)nn1. The Morgan fingerprint density at radius 3 is 2.82 bits per heavy atom. The first-order valence-corrected chi connectivity index (χ1v) is 5.64. The Labute approximate surface area is 102 Å². The molecule has 0 N–H and O–H groups in total. The maximum absolute atomic E-state index is 11.8. The van der Waals surface area contributed by atoms with Crippen LogP contribution in [0.15, 0.2) is 6.20 Å². The minimum Gasteiger partial charge on any atom is -0.370 e. The van der Waals surface area contributed by atoms with E-state index < -0.39 is 12.8 Å². The van der Waals surface area contributed by atoms with Gasteiger partial charge in [-0.3, -0.25) is 0 Å². The third kappa shape index (κ3) is 6.48. The van der Waals surface area contributed by atoms with Crippen molar-refractivity contribution in [3.05, 3.63) is 11.9 Å². The molecule has 0 aromatic carbocycles. The van der Waals surface area contributed by atoms with Gasteiger partial charge in [-0.25, -0.2) is 4.68 Å². The maximum Gasteiger partial charge on any atom is 0.411 e. The molecule has 1 heterocycles. The van der Waals surface area contributed by atoms with Crippen LogP contribution in [0.2, 0.25) is 0 Å². The summed E-state index contributed by atoms with van der Waals surface area (Å²) >= 11 is 5.52. The lowest BCUT2D eigenvalue weighted by Crippen LogP contribution is -2.19. The average molecular weight is 272 g/mol. The van der Waals surface area contributed by atoms with Crippen molar-refractivity contribution < 1.29 is 17.9 Å². The summed E-state index contributed by atoms with van der Waals surface area (Å²) in [5.41, 5.74) is 0.779. The molecule has 0 amide bonds. The number of halogens is 4. The van der Waals surface area contributed by atoms with Gasteiger partial charge in [0, 0.05) is 12.1 Å². The van der Waals surface area contributed by atoms with E-state index in [4.69, 9.17) is 11.6 Å². The number of nitrogens with zero attached hydrogens (tertiary/aromatic N) is 3. The number of aromatic nitrogens is 3. The highest BCUT2D eigenvalue weighted by atomic mass is 35.5. The van der Waals surface area contributed by atoms with E-state index in [1.54, 1.807) is 6.20 Å². The lowest BCUT2D eigenvalue weighted by atomic mass is 10.3. The molecular formula is C9H13ClF3N3O. The standard InChI is InChI=1S/C9H13ClF3N3O/c10-3-1-2-8-6-16(15-14-8)4-5-17-7-9(11,12)13/h6H,1-5,7H2. The van der Waals surface area contributed by atoms with E-state index in [0.29, 0.717) is 12.3 Å². The molecule has 0 bridgehead atoms. The largest absolute Gasteiger partial charge is 0.411 e. The van der Waals surface area contributed by atoms with Gasteiger partial charge in [0.15, 0.2) is 0 Å². The fourth-order valence-electron chi connectivity index (χ4n) is 1.16. The molecule has 1 rings (SSSR count). The molecule has 0 saturated heterocycles. The van der Waals surface area contributed by atoms with Crippen LogP contribution in [0.5, 0.6) is 0 Å². The molecule has 17 heavy (non-hydrogen) atoms. The number of ether oxygens (including phenoxy) is 1. The van der Waals surface area contributed by atoms with Crippen molar-refractivity contribution in [2.24, 2.45) is 0 Å². The first-order valence-electron chi connectivity index (χ1n) is 5.11. The number of aryl methyl sites for hydroxylation is 1. The van der Waals surface area contributed by atoms with Crippen molar-refractivity contribution in [3.63, 3.8) is 0 Å². The second-order valence-electron chi connectivity index (χ2n) is 3.43. The molecular weight excluding hydrogens is 259 g/mol. The summed E-state index contributed by atoms with van der Waals surface area (Å²) in [5.74, 6) is 0.543. The van der Waals surface area contributed by atoms with Gasteiger partial charge in [-0.2, -0.15) is 13.2 Å². The third-order valence-electron chi connectivity index (χ3n) is 1.88. The molecule has 0 aliphatic heterocycles. The summed E-state index contributed by atoms with van der Waals surface area (Å²) in [5, 5.41) is 7.62. The molecule has 0 saturated carbocycles. The van der Waals surface area contributed by atoms with Gasteiger partial charge in [-0.05, 0) is 12.8 Å². The summed E-state index contributed by atoms with van der Waals surface area (Å²) in [6.45, 7) is -1.03. The minimum absolute atomic E-state index is 0.0438. The second kappa shape index (κ2) is 6.80. The summed E-state index contributed by atoms with van der Waals surface area (Å²) in [6.07, 6.45) is -1.09. The second-order valence-corrected chi connectivity index (χ2v) is 3.81. The van der Waals surface area contributed by atoms with Crippen LogP contribution in [0.4, 0.5) is 13.2 Å². The van der Waals surface area contributed by atoms with Crippen LogP contribution in [-0.4, -0.2) is 40.3 Å². The van der Waals surface area contributed by atoms with E-state index in [1.807, 2.05) is 0 Å². The van der Waals surface area contributed by atoms with Crippen LogP contribution >= 0.6 is 11.6 Å². The van der Waals surface area contributed by atoms with Crippen LogP contribution in [0, 0.1) is 0 Å². The van der Waals surface area contributed by atoms with Gasteiger partial charge in [0.1, 0.15) is 6.61 Å². The molecule has 0 aliphatic rings. The summed E-state index contributed by atoms with van der Waals surface area (Å²) in [6, 6.07) is 0. The van der Waals surface area contributed by atoms with Gasteiger partial charge in [0.25, 0.3) is 0 Å². The highest BCUT2D eigenvalue weighted by Gasteiger charge is 2.27. The molecule has 0 unspecified atom stereocenters. The van der Waals surface area contributed by atoms with E-state index >= 15 is 0 Å². The Morgan fingerprint density at radius 2 is 2.18 bits per heavy atom. The van der Waals surface area contributed by atoms with E-state index in [2.05, 4.69) is 15.0 Å². The first kappa shape index (κ1) is 14.2. The van der Waals surface area contributed by atoms with Gasteiger partial charge in [0.2, 0.25) is 0 Å². The van der Waals surface area contributed by atoms with Crippen molar-refractivity contribution in [2.45, 2.75) is 25.6 Å². The Morgan fingerprint density at radius 1 is 1.41 bits per heavy atom. The molecule has 1 aromatic rings. The monoisotopic (exact) mass is 271 g/mol. The number of hydrogen-bond acceptors (Lipinski definition) is 3. The van der Waals surface area contributed by atoms with E-state index in [0.717, 1.165) is 12.1 Å². The Bertz CT molecular complexity index is 330. The van der Waals surface area contributed by atoms with Gasteiger partial charge in [-0.1, -0.05) is 5.21 Å². The zero-order valence-corrected chi connectivity index (χ0v) is 9.84. The molecule has 0 radical (unpaired) electrons. The molecule has 0 atom stereocenters. The number of alkyl halides is 4. The number of hydrogen-bond donors (Lipinski definition) is 0. The third-order valence-corrected chi connectivity index (χ3v) is 2.15. The molecule has 1 aromatic heterocycles. The van der Waals surface area contributed by atoms with Crippen molar-refractivity contribution in [1.82, 2.24) is 15.0 Å². The van der Waals surface area contributed by atoms with Crippen molar-refractivity contribution in [1.29, 1.82) is 0 Å². The van der Waals surface area contributed by atoms with Crippen LogP contribution in [0.3, 0.4) is 0 Å². The minimum atomic E-state index is -4.28. The first-order chi connectivity index (χ1) is 8.01. The molecule has 0 aliphatic carbocycles. The summed E-state index contributed by atoms with van der Waals surface area (Å²) in [7, 11) is 0. The summed E-state index contributed by atoms with van der Waals surface area (Å²) < 4.78 is 41.2. The number of rotatable bonds is 7. The van der Waals surface area contributed by atoms with E-state index in [1.165, 1.54) is 4.68 Å². The molecule has 0 fully saturated rings. The topological polar surface area (TPSA) is 39.9 Å². The van der Waals surface area contributed by atoms with Crippen molar-refractivity contribution >= 4 is 11.6 Å². The van der Waals surface area contributed by atoms with Crippen LogP contribution in [0.25, 0.3) is 0 Å². The van der Waals surface area contributed by atoms with Crippen LogP contribution in [-0.2, 0) is 17.7 Å². The normalized spacial score (nSPS) is 12.0. The highest BCUT2D eigenvalue weighted by molar-refractivity contribution is 6.17. The predicted molar refractivity (Wildman–Crippen MR) is 55.9 cm³/mol. The molecule has 0 spiro atoms. The quantitative estimate of drug-likeness (QED) is 0.563. The van der Waals surface area contributed by atoms with E-state index in [-0.39, 0.29) is 13.2 Å². The van der Waals surface area contributed by atoms with Crippen LogP contribution < -0.4 is 0 Å². The van der Waals surface area contributed by atoms with Crippen molar-refractivity contribution in [2.75, 3.05) is 19.1 Å². The Kier molecular flexibility index (Phi) is 5.70. The van der Waals surface area contributed by atoms with Crippen molar-refractivity contribution in [3.8, 4) is 0 Å². The van der Waals surface area contributed by atoms with Gasteiger partial charge in [-0.15, -0.1) is 16.7 Å². The molecule has 98 valence electrons.